The molecule has 0 unspecified atom stereocenters. The quantitative estimate of drug-likeness (QED) is 0.509. The lowest BCUT2D eigenvalue weighted by atomic mass is 10.2. The van der Waals surface area contributed by atoms with Gasteiger partial charge in [-0.1, -0.05) is 0 Å². The Balaban J connectivity index is 1.29. The lowest BCUT2D eigenvalue weighted by molar-refractivity contribution is -0.127. The Bertz CT molecular complexity index is 1270. The van der Waals surface area contributed by atoms with Gasteiger partial charge in [0.2, 0.25) is 5.91 Å². The summed E-state index contributed by atoms with van der Waals surface area (Å²) in [6, 6.07) is 17.2. The van der Waals surface area contributed by atoms with Gasteiger partial charge in [-0.3, -0.25) is 9.59 Å². The van der Waals surface area contributed by atoms with Crippen molar-refractivity contribution >= 4 is 28.5 Å². The summed E-state index contributed by atoms with van der Waals surface area (Å²) >= 11 is 0. The summed E-state index contributed by atoms with van der Waals surface area (Å²) in [5.41, 5.74) is 4.14. The van der Waals surface area contributed by atoms with E-state index >= 15 is 0 Å². The number of rotatable bonds is 6. The summed E-state index contributed by atoms with van der Waals surface area (Å²) in [5.74, 6) is 1.01. The first-order valence-corrected chi connectivity index (χ1v) is 10.9. The van der Waals surface area contributed by atoms with Crippen LogP contribution in [-0.4, -0.2) is 43.9 Å². The van der Waals surface area contributed by atoms with Gasteiger partial charge >= 0.3 is 0 Å². The third-order valence-electron chi connectivity index (χ3n) is 6.04. The number of benzene rings is 2. The fourth-order valence-electron chi connectivity index (χ4n) is 4.22. The van der Waals surface area contributed by atoms with Crippen molar-refractivity contribution in [2.75, 3.05) is 18.4 Å². The Kier molecular flexibility index (Phi) is 5.23. The Labute approximate surface area is 186 Å². The van der Waals surface area contributed by atoms with Crippen molar-refractivity contribution in [1.82, 2.24) is 19.0 Å². The highest BCUT2D eigenvalue weighted by Gasteiger charge is 2.20. The first kappa shape index (κ1) is 20.1. The highest BCUT2D eigenvalue weighted by atomic mass is 16.2. The molecule has 3 heterocycles. The molecule has 0 saturated carbocycles. The lowest BCUT2D eigenvalue weighted by Crippen LogP contribution is -2.27. The summed E-state index contributed by atoms with van der Waals surface area (Å²) in [4.78, 5) is 31.2. The minimum atomic E-state index is -0.160. The lowest BCUT2D eigenvalue weighted by Gasteiger charge is -2.14. The van der Waals surface area contributed by atoms with Crippen LogP contribution in [0.4, 0.5) is 5.69 Å². The van der Waals surface area contributed by atoms with Gasteiger partial charge < -0.3 is 19.4 Å². The molecule has 0 radical (unpaired) electrons. The molecule has 1 fully saturated rings. The zero-order valence-electron chi connectivity index (χ0n) is 18.0. The Hall–Kier alpha value is -3.87. The standard InChI is InChI=1S/C25H25N5O2/c1-28-22-11-8-19(17-21(22)27-23(28)12-16-30-15-4-5-24(30)31)26-25(32)18-6-9-20(10-7-18)29-13-2-3-14-29/h2-3,6-11,13-14,17H,4-5,12,15-16H2,1H3,(H,26,32). The van der Waals surface area contributed by atoms with Crippen LogP contribution in [-0.2, 0) is 18.3 Å². The van der Waals surface area contributed by atoms with Crippen molar-refractivity contribution in [2.45, 2.75) is 19.3 Å². The minimum Gasteiger partial charge on any atom is -0.342 e. The van der Waals surface area contributed by atoms with Crippen LogP contribution < -0.4 is 5.32 Å². The van der Waals surface area contributed by atoms with Crippen LogP contribution in [0, 0.1) is 0 Å². The molecule has 7 nitrogen and oxygen atoms in total. The number of anilines is 1. The summed E-state index contributed by atoms with van der Waals surface area (Å²) in [7, 11) is 1.99. The fraction of sp³-hybridized carbons (Fsp3) is 0.240. The van der Waals surface area contributed by atoms with Gasteiger partial charge in [-0.25, -0.2) is 4.98 Å². The number of hydrogen-bond acceptors (Lipinski definition) is 3. The molecule has 1 aliphatic heterocycles. The zero-order chi connectivity index (χ0) is 22.1. The van der Waals surface area contributed by atoms with E-state index in [-0.39, 0.29) is 11.8 Å². The largest absolute Gasteiger partial charge is 0.342 e. The molecule has 0 bridgehead atoms. The topological polar surface area (TPSA) is 72.2 Å². The maximum atomic E-state index is 12.7. The monoisotopic (exact) mass is 427 g/mol. The third-order valence-corrected chi connectivity index (χ3v) is 6.04. The third kappa shape index (κ3) is 3.89. The molecule has 2 amide bonds. The number of amides is 2. The number of nitrogens with one attached hydrogen (secondary N) is 1. The summed E-state index contributed by atoms with van der Waals surface area (Å²) in [5, 5.41) is 2.97. The van der Waals surface area contributed by atoms with E-state index in [9.17, 15) is 9.59 Å². The van der Waals surface area contributed by atoms with E-state index in [0.29, 0.717) is 30.6 Å². The van der Waals surface area contributed by atoms with Gasteiger partial charge in [0.05, 0.1) is 11.0 Å². The van der Waals surface area contributed by atoms with Crippen molar-refractivity contribution < 1.29 is 9.59 Å². The fourth-order valence-corrected chi connectivity index (χ4v) is 4.22. The van der Waals surface area contributed by atoms with Crippen LogP contribution in [0.1, 0.15) is 29.0 Å². The van der Waals surface area contributed by atoms with Gasteiger partial charge in [0, 0.05) is 62.3 Å². The molecule has 4 aromatic rings. The van der Waals surface area contributed by atoms with Crippen LogP contribution >= 0.6 is 0 Å². The predicted molar refractivity (Wildman–Crippen MR) is 124 cm³/mol. The minimum absolute atomic E-state index is 0.160. The van der Waals surface area contributed by atoms with Crippen molar-refractivity contribution in [3.8, 4) is 5.69 Å². The van der Waals surface area contributed by atoms with Gasteiger partial charge in [-0.05, 0) is 61.0 Å². The average Bonchev–Trinajstić information content (AvgIpc) is 3.54. The van der Waals surface area contributed by atoms with Crippen LogP contribution in [0.5, 0.6) is 0 Å². The van der Waals surface area contributed by atoms with E-state index in [0.717, 1.165) is 35.5 Å². The Morgan fingerprint density at radius 2 is 1.88 bits per heavy atom. The molecule has 7 heteroatoms. The molecule has 32 heavy (non-hydrogen) atoms. The van der Waals surface area contributed by atoms with Crippen LogP contribution in [0.15, 0.2) is 67.0 Å². The summed E-state index contributed by atoms with van der Waals surface area (Å²) in [6.07, 6.45) is 6.25. The maximum Gasteiger partial charge on any atom is 0.255 e. The summed E-state index contributed by atoms with van der Waals surface area (Å²) < 4.78 is 4.05. The van der Waals surface area contributed by atoms with Gasteiger partial charge in [-0.2, -0.15) is 0 Å². The Morgan fingerprint density at radius 3 is 2.59 bits per heavy atom. The molecule has 162 valence electrons. The molecule has 0 atom stereocenters. The van der Waals surface area contributed by atoms with Gasteiger partial charge in [0.15, 0.2) is 0 Å². The SMILES string of the molecule is Cn1c(CCN2CCCC2=O)nc2cc(NC(=O)c3ccc(-n4cccc4)cc3)ccc21. The number of fused-ring (bicyclic) bond motifs is 1. The molecule has 0 spiro atoms. The number of likely N-dealkylation sites (tertiary alicyclic amines) is 1. The van der Waals surface area contributed by atoms with Gasteiger partial charge in [0.25, 0.3) is 5.91 Å². The van der Waals surface area contributed by atoms with Crippen LogP contribution in [0.25, 0.3) is 16.7 Å². The van der Waals surface area contributed by atoms with Crippen molar-refractivity contribution in [3.63, 3.8) is 0 Å². The maximum absolute atomic E-state index is 12.7. The van der Waals surface area contributed by atoms with Crippen LogP contribution in [0.2, 0.25) is 0 Å². The second-order valence-corrected chi connectivity index (χ2v) is 8.12. The highest BCUT2D eigenvalue weighted by molar-refractivity contribution is 6.05. The van der Waals surface area contributed by atoms with E-state index in [1.54, 1.807) is 0 Å². The molecule has 1 saturated heterocycles. The number of carbonyl (C=O) groups excluding carboxylic acids is 2. The van der Waals surface area contributed by atoms with E-state index in [1.165, 1.54) is 0 Å². The van der Waals surface area contributed by atoms with E-state index in [2.05, 4.69) is 9.88 Å². The van der Waals surface area contributed by atoms with Crippen LogP contribution in [0.3, 0.4) is 0 Å². The molecule has 1 N–H and O–H groups in total. The molecule has 5 rings (SSSR count). The molecule has 0 aliphatic carbocycles. The van der Waals surface area contributed by atoms with E-state index < -0.39 is 0 Å². The number of imidazole rings is 1. The van der Waals surface area contributed by atoms with Crippen molar-refractivity contribution in [1.29, 1.82) is 0 Å². The molecular formula is C25H25N5O2. The van der Waals surface area contributed by atoms with Gasteiger partial charge in [-0.15, -0.1) is 0 Å². The Morgan fingerprint density at radius 1 is 1.09 bits per heavy atom. The number of carbonyl (C=O) groups is 2. The second kappa shape index (κ2) is 8.34. The number of aryl methyl sites for hydroxylation is 1. The molecule has 1 aliphatic rings. The number of nitrogens with zero attached hydrogens (tertiary/aromatic N) is 4. The number of aromatic nitrogens is 3. The molecule has 2 aromatic heterocycles. The van der Waals surface area contributed by atoms with Crippen molar-refractivity contribution in [3.05, 3.63) is 78.4 Å². The van der Waals surface area contributed by atoms with Gasteiger partial charge in [0.1, 0.15) is 5.82 Å². The first-order chi connectivity index (χ1) is 15.6. The van der Waals surface area contributed by atoms with E-state index in [4.69, 9.17) is 4.98 Å². The first-order valence-electron chi connectivity index (χ1n) is 10.9. The average molecular weight is 428 g/mol. The highest BCUT2D eigenvalue weighted by Crippen LogP contribution is 2.21. The predicted octanol–water partition coefficient (Wildman–Crippen LogP) is 3.78. The molecule has 2 aromatic carbocycles. The van der Waals surface area contributed by atoms with E-state index in [1.807, 2.05) is 83.5 Å². The zero-order valence-corrected chi connectivity index (χ0v) is 18.0. The second-order valence-electron chi connectivity index (χ2n) is 8.12. The normalized spacial score (nSPS) is 13.8. The number of hydrogen-bond donors (Lipinski definition) is 1. The summed E-state index contributed by atoms with van der Waals surface area (Å²) in [6.45, 7) is 1.53. The molecular weight excluding hydrogens is 402 g/mol. The smallest absolute Gasteiger partial charge is 0.255 e. The van der Waals surface area contributed by atoms with Crippen molar-refractivity contribution in [2.24, 2.45) is 7.05 Å².